The van der Waals surface area contributed by atoms with E-state index < -0.39 is 24.1 Å². The molecule has 0 radical (unpaired) electrons. The van der Waals surface area contributed by atoms with E-state index in [1.807, 2.05) is 0 Å². The molecule has 2 aromatic rings. The van der Waals surface area contributed by atoms with Crippen LogP contribution in [0, 0.1) is 5.82 Å². The highest BCUT2D eigenvalue weighted by molar-refractivity contribution is 5.90. The maximum atomic E-state index is 13.4. The second kappa shape index (κ2) is 6.16. The van der Waals surface area contributed by atoms with Crippen molar-refractivity contribution in [1.82, 2.24) is 9.78 Å². The molecule has 0 unspecified atom stereocenters. The van der Waals surface area contributed by atoms with Crippen LogP contribution in [0.4, 0.5) is 24.7 Å². The first-order valence-electron chi connectivity index (χ1n) is 5.77. The van der Waals surface area contributed by atoms with E-state index in [0.717, 1.165) is 12.1 Å². The van der Waals surface area contributed by atoms with Crippen LogP contribution in [0.25, 0.3) is 0 Å². The second-order valence-corrected chi connectivity index (χ2v) is 4.01. The number of amides is 1. The Bertz CT molecular complexity index is 645. The number of hydrogen-bond donors (Lipinski definition) is 2. The van der Waals surface area contributed by atoms with Crippen LogP contribution in [0.15, 0.2) is 30.5 Å². The fraction of sp³-hybridized carbons (Fsp3) is 0.167. The first-order chi connectivity index (χ1) is 9.94. The summed E-state index contributed by atoms with van der Waals surface area (Å²) in [5.74, 6) is -1.80. The van der Waals surface area contributed by atoms with Gasteiger partial charge in [0.05, 0.1) is 0 Å². The maximum absolute atomic E-state index is 13.4. The normalized spacial score (nSPS) is 10.7. The number of rotatable bonds is 5. The third-order valence-electron chi connectivity index (χ3n) is 2.40. The summed E-state index contributed by atoms with van der Waals surface area (Å²) in [6.45, 7) is -3.24. The third-order valence-corrected chi connectivity index (χ3v) is 2.40. The Hall–Kier alpha value is -2.71. The van der Waals surface area contributed by atoms with Gasteiger partial charge in [0.15, 0.2) is 11.6 Å². The van der Waals surface area contributed by atoms with Crippen LogP contribution < -0.4 is 15.8 Å². The van der Waals surface area contributed by atoms with Gasteiger partial charge in [-0.25, -0.2) is 4.39 Å². The molecule has 0 spiro atoms. The predicted molar refractivity (Wildman–Crippen MR) is 68.3 cm³/mol. The van der Waals surface area contributed by atoms with E-state index in [4.69, 9.17) is 5.73 Å². The van der Waals surface area contributed by atoms with Crippen LogP contribution in [0.5, 0.6) is 5.75 Å². The van der Waals surface area contributed by atoms with Gasteiger partial charge in [-0.3, -0.25) is 9.48 Å². The van der Waals surface area contributed by atoms with Crippen molar-refractivity contribution in [2.45, 2.75) is 13.2 Å². The Morgan fingerprint density at radius 2 is 2.19 bits per heavy atom. The Labute approximate surface area is 117 Å². The molecule has 0 saturated carbocycles. The topological polar surface area (TPSA) is 82.2 Å². The molecular weight excluding hydrogens is 289 g/mol. The first kappa shape index (κ1) is 14.7. The number of nitrogens with two attached hydrogens (primary N) is 1. The molecule has 1 heterocycles. The summed E-state index contributed by atoms with van der Waals surface area (Å²) >= 11 is 0. The predicted octanol–water partition coefficient (Wildman–Crippen LogP) is 1.84. The highest BCUT2D eigenvalue weighted by atomic mass is 19.3. The molecule has 112 valence electrons. The third kappa shape index (κ3) is 4.13. The summed E-state index contributed by atoms with van der Waals surface area (Å²) in [6.07, 6.45) is 1.51. The molecular formula is C12H11F3N4O2. The minimum atomic E-state index is -3.12. The van der Waals surface area contributed by atoms with Crippen LogP contribution in [0.3, 0.4) is 0 Å². The van der Waals surface area contributed by atoms with Gasteiger partial charge in [-0.1, -0.05) is 0 Å². The van der Waals surface area contributed by atoms with E-state index in [1.165, 1.54) is 23.0 Å². The minimum absolute atomic E-state index is 0.110. The monoisotopic (exact) mass is 300 g/mol. The molecule has 0 atom stereocenters. The van der Waals surface area contributed by atoms with Crippen molar-refractivity contribution in [3.8, 4) is 5.75 Å². The lowest BCUT2D eigenvalue weighted by Crippen LogP contribution is -2.19. The van der Waals surface area contributed by atoms with Crippen molar-refractivity contribution in [1.29, 1.82) is 0 Å². The lowest BCUT2D eigenvalue weighted by molar-refractivity contribution is -0.116. The van der Waals surface area contributed by atoms with E-state index in [1.54, 1.807) is 0 Å². The molecule has 2 rings (SSSR count). The smallest absolute Gasteiger partial charge is 0.387 e. The Morgan fingerprint density at radius 1 is 1.43 bits per heavy atom. The highest BCUT2D eigenvalue weighted by Crippen LogP contribution is 2.22. The number of nitrogens with one attached hydrogen (secondary N) is 1. The van der Waals surface area contributed by atoms with Crippen LogP contribution in [-0.2, 0) is 11.3 Å². The summed E-state index contributed by atoms with van der Waals surface area (Å²) in [5, 5.41) is 6.21. The molecule has 1 aromatic carbocycles. The standard InChI is InChI=1S/C12H11F3N4O2/c13-8-5-7(1-2-9(8)21-12(14)15)17-11(20)6-19-4-3-10(16)18-19/h1-5,12H,6H2,(H2,16,18)(H,17,20). The van der Waals surface area contributed by atoms with E-state index in [-0.39, 0.29) is 18.1 Å². The average molecular weight is 300 g/mol. The number of ether oxygens (including phenoxy) is 1. The number of benzene rings is 1. The Kier molecular flexibility index (Phi) is 4.31. The van der Waals surface area contributed by atoms with Gasteiger partial charge >= 0.3 is 6.61 Å². The number of nitrogen functional groups attached to an aromatic ring is 1. The summed E-state index contributed by atoms with van der Waals surface area (Å²) in [7, 11) is 0. The zero-order chi connectivity index (χ0) is 15.4. The largest absolute Gasteiger partial charge is 0.432 e. The van der Waals surface area contributed by atoms with Crippen LogP contribution in [0.1, 0.15) is 0 Å². The van der Waals surface area contributed by atoms with Crippen LogP contribution >= 0.6 is 0 Å². The Balaban J connectivity index is 1.99. The lowest BCUT2D eigenvalue weighted by Gasteiger charge is -2.09. The first-order valence-corrected chi connectivity index (χ1v) is 5.77. The van der Waals surface area contributed by atoms with Crippen molar-refractivity contribution >= 4 is 17.4 Å². The second-order valence-electron chi connectivity index (χ2n) is 4.01. The molecule has 3 N–H and O–H groups in total. The number of alkyl halides is 2. The fourth-order valence-electron chi connectivity index (χ4n) is 1.58. The molecule has 0 aliphatic heterocycles. The van der Waals surface area contributed by atoms with E-state index >= 15 is 0 Å². The number of anilines is 2. The van der Waals surface area contributed by atoms with Crippen LogP contribution in [0.2, 0.25) is 0 Å². The number of aromatic nitrogens is 2. The maximum Gasteiger partial charge on any atom is 0.387 e. The van der Waals surface area contributed by atoms with Crippen LogP contribution in [-0.4, -0.2) is 22.3 Å². The highest BCUT2D eigenvalue weighted by Gasteiger charge is 2.11. The van der Waals surface area contributed by atoms with Gasteiger partial charge < -0.3 is 15.8 Å². The SMILES string of the molecule is Nc1ccn(CC(=O)Nc2ccc(OC(F)F)c(F)c2)n1. The number of carbonyl (C=O) groups excluding carboxylic acids is 1. The van der Waals surface area contributed by atoms with Gasteiger partial charge in [-0.15, -0.1) is 0 Å². The average Bonchev–Trinajstić information content (AvgIpc) is 2.77. The quantitative estimate of drug-likeness (QED) is 0.882. The summed E-state index contributed by atoms with van der Waals surface area (Å²) < 4.78 is 42.7. The van der Waals surface area contributed by atoms with Gasteiger partial charge in [-0.05, 0) is 18.2 Å². The molecule has 9 heteroatoms. The molecule has 0 aliphatic rings. The number of hydrogen-bond acceptors (Lipinski definition) is 4. The van der Waals surface area contributed by atoms with E-state index in [9.17, 15) is 18.0 Å². The summed E-state index contributed by atoms with van der Waals surface area (Å²) in [5.41, 5.74) is 5.51. The zero-order valence-electron chi connectivity index (χ0n) is 10.6. The number of carbonyl (C=O) groups is 1. The van der Waals surface area contributed by atoms with Crippen molar-refractivity contribution in [2.24, 2.45) is 0 Å². The van der Waals surface area contributed by atoms with E-state index in [0.29, 0.717) is 0 Å². The molecule has 1 aromatic heterocycles. The van der Waals surface area contributed by atoms with Crippen molar-refractivity contribution < 1.29 is 22.7 Å². The van der Waals surface area contributed by atoms with Gasteiger partial charge in [-0.2, -0.15) is 13.9 Å². The molecule has 0 bridgehead atoms. The zero-order valence-corrected chi connectivity index (χ0v) is 10.6. The van der Waals surface area contributed by atoms with Gasteiger partial charge in [0.2, 0.25) is 5.91 Å². The molecule has 1 amide bonds. The van der Waals surface area contributed by atoms with Gasteiger partial charge in [0.1, 0.15) is 12.4 Å². The summed E-state index contributed by atoms with van der Waals surface area (Å²) in [4.78, 5) is 11.7. The van der Waals surface area contributed by atoms with Crippen molar-refractivity contribution in [3.05, 3.63) is 36.3 Å². The van der Waals surface area contributed by atoms with Crippen molar-refractivity contribution in [2.75, 3.05) is 11.1 Å². The van der Waals surface area contributed by atoms with Gasteiger partial charge in [0, 0.05) is 18.0 Å². The number of nitrogens with zero attached hydrogens (tertiary/aromatic N) is 2. The van der Waals surface area contributed by atoms with Gasteiger partial charge in [0.25, 0.3) is 0 Å². The van der Waals surface area contributed by atoms with Crippen molar-refractivity contribution in [3.63, 3.8) is 0 Å². The molecule has 21 heavy (non-hydrogen) atoms. The minimum Gasteiger partial charge on any atom is -0.432 e. The Morgan fingerprint density at radius 3 is 2.76 bits per heavy atom. The summed E-state index contributed by atoms with van der Waals surface area (Å²) in [6, 6.07) is 4.65. The lowest BCUT2D eigenvalue weighted by atomic mass is 10.3. The molecule has 0 fully saturated rings. The molecule has 0 saturated heterocycles. The molecule has 0 aliphatic carbocycles. The fourth-order valence-corrected chi connectivity index (χ4v) is 1.58. The number of halogens is 3. The van der Waals surface area contributed by atoms with E-state index in [2.05, 4.69) is 15.2 Å². The molecule has 6 nitrogen and oxygen atoms in total.